The molecule has 0 bridgehead atoms. The molecular formula is C15H20N8S2. The fourth-order valence-electron chi connectivity index (χ4n) is 1.79. The Morgan fingerprint density at radius 2 is 2.12 bits per heavy atom. The average Bonchev–Trinajstić information content (AvgIpc) is 3.04. The zero-order chi connectivity index (χ0) is 17.7. The standard InChI is InChI=1S/C15H20N8S2/c16-11-20-14(19-8-10-24-12-5-2-1-3-6-12)18-7-4-9-25-15-21-13(17)22-23-15/h1-3,5-6H,4,7-10H2,(H2,18,19,20)(H3,17,21,22,23). The first-order valence-electron chi connectivity index (χ1n) is 7.70. The Labute approximate surface area is 155 Å². The van der Waals surface area contributed by atoms with Crippen molar-refractivity contribution in [3.05, 3.63) is 30.3 Å². The lowest BCUT2D eigenvalue weighted by Gasteiger charge is -2.08. The minimum Gasteiger partial charge on any atom is -0.368 e. The maximum absolute atomic E-state index is 8.80. The molecule has 1 aromatic heterocycles. The monoisotopic (exact) mass is 376 g/mol. The van der Waals surface area contributed by atoms with Crippen LogP contribution in [0.2, 0.25) is 0 Å². The molecule has 132 valence electrons. The quantitative estimate of drug-likeness (QED) is 0.130. The van der Waals surface area contributed by atoms with Gasteiger partial charge in [-0.3, -0.25) is 10.3 Å². The van der Waals surface area contributed by atoms with Crippen molar-refractivity contribution in [3.63, 3.8) is 0 Å². The Hall–Kier alpha value is -2.38. The summed E-state index contributed by atoms with van der Waals surface area (Å²) in [6.45, 7) is 1.33. The number of rotatable bonds is 9. The van der Waals surface area contributed by atoms with E-state index in [4.69, 9.17) is 11.0 Å². The van der Waals surface area contributed by atoms with Gasteiger partial charge in [0.15, 0.2) is 6.19 Å². The van der Waals surface area contributed by atoms with Crippen LogP contribution in [-0.4, -0.2) is 45.7 Å². The number of nitrogens with zero attached hydrogens (tertiary/aromatic N) is 4. The van der Waals surface area contributed by atoms with Crippen LogP contribution in [0.3, 0.4) is 0 Å². The lowest BCUT2D eigenvalue weighted by atomic mass is 10.4. The summed E-state index contributed by atoms with van der Waals surface area (Å²) in [6.07, 6.45) is 2.75. The Bertz CT molecular complexity index is 695. The van der Waals surface area contributed by atoms with E-state index in [9.17, 15) is 0 Å². The van der Waals surface area contributed by atoms with Crippen LogP contribution in [0.25, 0.3) is 0 Å². The normalized spacial score (nSPS) is 11.1. The molecule has 0 aliphatic heterocycles. The minimum absolute atomic E-state index is 0.318. The molecule has 1 aromatic carbocycles. The Morgan fingerprint density at radius 3 is 2.84 bits per heavy atom. The molecule has 0 atom stereocenters. The largest absolute Gasteiger partial charge is 0.368 e. The lowest BCUT2D eigenvalue weighted by molar-refractivity contribution is 0.877. The lowest BCUT2D eigenvalue weighted by Crippen LogP contribution is -2.36. The van der Waals surface area contributed by atoms with E-state index < -0.39 is 0 Å². The van der Waals surface area contributed by atoms with Gasteiger partial charge >= 0.3 is 0 Å². The number of nitrogen functional groups attached to an aromatic ring is 1. The third kappa shape index (κ3) is 7.82. The Kier molecular flexibility index (Phi) is 8.51. The number of aliphatic imine (C=N–C) groups is 1. The van der Waals surface area contributed by atoms with E-state index in [1.54, 1.807) is 11.8 Å². The highest BCUT2D eigenvalue weighted by Gasteiger charge is 2.01. The van der Waals surface area contributed by atoms with Crippen molar-refractivity contribution in [2.24, 2.45) is 4.99 Å². The highest BCUT2D eigenvalue weighted by Crippen LogP contribution is 2.15. The summed E-state index contributed by atoms with van der Waals surface area (Å²) >= 11 is 3.27. The van der Waals surface area contributed by atoms with Crippen LogP contribution in [0.4, 0.5) is 5.95 Å². The van der Waals surface area contributed by atoms with Gasteiger partial charge in [-0.25, -0.2) is 5.10 Å². The third-order valence-electron chi connectivity index (χ3n) is 2.87. The van der Waals surface area contributed by atoms with Crippen molar-refractivity contribution in [1.29, 1.82) is 5.26 Å². The number of guanidine groups is 1. The van der Waals surface area contributed by atoms with Gasteiger partial charge in [-0.05, 0) is 18.6 Å². The summed E-state index contributed by atoms with van der Waals surface area (Å²) in [5, 5.41) is 21.7. The van der Waals surface area contributed by atoms with Gasteiger partial charge in [0.2, 0.25) is 17.1 Å². The smallest absolute Gasteiger partial charge is 0.216 e. The van der Waals surface area contributed by atoms with Crippen molar-refractivity contribution < 1.29 is 0 Å². The molecule has 5 N–H and O–H groups in total. The zero-order valence-corrected chi connectivity index (χ0v) is 15.2. The van der Waals surface area contributed by atoms with Crippen LogP contribution < -0.4 is 16.4 Å². The average molecular weight is 377 g/mol. The van der Waals surface area contributed by atoms with E-state index in [1.165, 1.54) is 16.7 Å². The second kappa shape index (κ2) is 11.2. The molecule has 0 fully saturated rings. The fourth-order valence-corrected chi connectivity index (χ4v) is 3.31. The van der Waals surface area contributed by atoms with Gasteiger partial charge in [0, 0.05) is 29.5 Å². The highest BCUT2D eigenvalue weighted by atomic mass is 32.2. The molecule has 1 heterocycles. The summed E-state index contributed by atoms with van der Waals surface area (Å²) in [5.74, 6) is 2.53. The van der Waals surface area contributed by atoms with E-state index in [0.29, 0.717) is 23.6 Å². The zero-order valence-electron chi connectivity index (χ0n) is 13.6. The van der Waals surface area contributed by atoms with Crippen LogP contribution in [-0.2, 0) is 0 Å². The van der Waals surface area contributed by atoms with Gasteiger partial charge < -0.3 is 11.1 Å². The minimum atomic E-state index is 0.318. The molecule has 0 saturated heterocycles. The van der Waals surface area contributed by atoms with Gasteiger partial charge in [0.05, 0.1) is 0 Å². The van der Waals surface area contributed by atoms with Crippen LogP contribution in [0.15, 0.2) is 45.4 Å². The number of hydrogen-bond donors (Lipinski definition) is 4. The molecule has 0 amide bonds. The van der Waals surface area contributed by atoms with E-state index in [1.807, 2.05) is 24.4 Å². The fraction of sp³-hybridized carbons (Fsp3) is 0.333. The molecular weight excluding hydrogens is 356 g/mol. The summed E-state index contributed by atoms with van der Waals surface area (Å²) in [4.78, 5) is 9.61. The second-order valence-electron chi connectivity index (χ2n) is 4.76. The molecule has 8 nitrogen and oxygen atoms in total. The van der Waals surface area contributed by atoms with Crippen molar-refractivity contribution in [3.8, 4) is 6.19 Å². The molecule has 2 rings (SSSR count). The number of H-pyrrole nitrogens is 1. The Balaban J connectivity index is 1.62. The number of nitriles is 1. The molecule has 0 unspecified atom stereocenters. The number of nitrogens with two attached hydrogens (primary N) is 1. The van der Waals surface area contributed by atoms with E-state index in [2.05, 4.69) is 42.9 Å². The molecule has 0 aliphatic rings. The van der Waals surface area contributed by atoms with Crippen LogP contribution in [0.5, 0.6) is 0 Å². The number of thioether (sulfide) groups is 2. The number of aromatic nitrogens is 3. The number of benzene rings is 1. The summed E-state index contributed by atoms with van der Waals surface area (Å²) < 4.78 is 0. The predicted molar refractivity (Wildman–Crippen MR) is 102 cm³/mol. The van der Waals surface area contributed by atoms with Crippen molar-refractivity contribution in [2.45, 2.75) is 16.5 Å². The van der Waals surface area contributed by atoms with Crippen LogP contribution in [0.1, 0.15) is 6.42 Å². The molecule has 10 heteroatoms. The van der Waals surface area contributed by atoms with E-state index >= 15 is 0 Å². The molecule has 0 saturated carbocycles. The molecule has 0 aliphatic carbocycles. The number of anilines is 1. The number of hydrogen-bond acceptors (Lipinski definition) is 7. The van der Waals surface area contributed by atoms with Crippen molar-refractivity contribution in [1.82, 2.24) is 25.8 Å². The first-order chi connectivity index (χ1) is 12.3. The number of nitrogens with one attached hydrogen (secondary N) is 3. The first-order valence-corrected chi connectivity index (χ1v) is 9.67. The van der Waals surface area contributed by atoms with Crippen molar-refractivity contribution >= 4 is 35.4 Å². The summed E-state index contributed by atoms with van der Waals surface area (Å²) in [5.41, 5.74) is 5.46. The van der Waals surface area contributed by atoms with Crippen LogP contribution >= 0.6 is 23.5 Å². The summed E-state index contributed by atoms with van der Waals surface area (Å²) in [7, 11) is 0. The van der Waals surface area contributed by atoms with Crippen molar-refractivity contribution in [2.75, 3.05) is 30.3 Å². The van der Waals surface area contributed by atoms with Gasteiger partial charge in [0.1, 0.15) is 0 Å². The third-order valence-corrected chi connectivity index (χ3v) is 4.81. The molecule has 2 aromatic rings. The second-order valence-corrected chi connectivity index (χ2v) is 6.99. The van der Waals surface area contributed by atoms with Crippen LogP contribution in [0, 0.1) is 11.5 Å². The SMILES string of the molecule is N#CNC(=NCCCSc1n[nH]c(N)n1)NCCSc1ccccc1. The molecule has 0 spiro atoms. The Morgan fingerprint density at radius 1 is 1.28 bits per heavy atom. The number of aromatic amines is 1. The first kappa shape index (κ1) is 19.0. The van der Waals surface area contributed by atoms with Gasteiger partial charge in [-0.2, -0.15) is 10.2 Å². The van der Waals surface area contributed by atoms with E-state index in [-0.39, 0.29) is 0 Å². The predicted octanol–water partition coefficient (Wildman–Crippen LogP) is 1.68. The molecule has 0 radical (unpaired) electrons. The molecule has 25 heavy (non-hydrogen) atoms. The maximum Gasteiger partial charge on any atom is 0.216 e. The summed E-state index contributed by atoms with van der Waals surface area (Å²) in [6, 6.07) is 10.2. The van der Waals surface area contributed by atoms with Gasteiger partial charge in [0.25, 0.3) is 0 Å². The van der Waals surface area contributed by atoms with E-state index in [0.717, 1.165) is 24.5 Å². The van der Waals surface area contributed by atoms with Gasteiger partial charge in [-0.1, -0.05) is 30.0 Å². The van der Waals surface area contributed by atoms with Gasteiger partial charge in [-0.15, -0.1) is 16.9 Å². The highest BCUT2D eigenvalue weighted by molar-refractivity contribution is 7.99. The maximum atomic E-state index is 8.80. The topological polar surface area (TPSA) is 128 Å².